The Hall–Kier alpha value is -3.30. The maximum Gasteiger partial charge on any atom is 0.243 e. The first-order valence-electron chi connectivity index (χ1n) is 11.5. The Morgan fingerprint density at radius 1 is 0.895 bits per heavy atom. The number of nitrogens with zero attached hydrogens (tertiary/aromatic N) is 2. The SMILES string of the molecule is COc1ccc(N=Cc2ccc(CN(Cc3ccc(Cl)c(Cl)c3)S(=O)(=O)c3ccc(C)cc3)o2)c(OC)c1. The van der Waals surface area contributed by atoms with Crippen molar-refractivity contribution in [2.24, 2.45) is 4.99 Å². The second-order valence-electron chi connectivity index (χ2n) is 8.43. The smallest absolute Gasteiger partial charge is 0.243 e. The summed E-state index contributed by atoms with van der Waals surface area (Å²) in [6.07, 6.45) is 1.55. The van der Waals surface area contributed by atoms with Crippen molar-refractivity contribution in [3.8, 4) is 11.5 Å². The summed E-state index contributed by atoms with van der Waals surface area (Å²) < 4.78 is 45.1. The minimum atomic E-state index is -3.86. The summed E-state index contributed by atoms with van der Waals surface area (Å²) in [5, 5.41) is 0.745. The van der Waals surface area contributed by atoms with Crippen LogP contribution in [0.3, 0.4) is 0 Å². The van der Waals surface area contributed by atoms with E-state index in [0.717, 1.165) is 5.56 Å². The number of ether oxygens (including phenoxy) is 2. The molecule has 38 heavy (non-hydrogen) atoms. The number of hydrogen-bond donors (Lipinski definition) is 0. The Bertz CT molecular complexity index is 1550. The van der Waals surface area contributed by atoms with Crippen LogP contribution in [0.2, 0.25) is 10.0 Å². The molecule has 0 amide bonds. The van der Waals surface area contributed by atoms with Crippen molar-refractivity contribution in [3.05, 3.63) is 105 Å². The Balaban J connectivity index is 1.60. The van der Waals surface area contributed by atoms with Crippen molar-refractivity contribution in [3.63, 3.8) is 0 Å². The highest BCUT2D eigenvalue weighted by Crippen LogP contribution is 2.31. The van der Waals surface area contributed by atoms with E-state index < -0.39 is 10.0 Å². The summed E-state index contributed by atoms with van der Waals surface area (Å²) in [6, 6.07) is 20.5. The van der Waals surface area contributed by atoms with E-state index >= 15 is 0 Å². The number of sulfonamides is 1. The molecule has 10 heteroatoms. The summed E-state index contributed by atoms with van der Waals surface area (Å²) in [5.74, 6) is 2.10. The Morgan fingerprint density at radius 3 is 2.34 bits per heavy atom. The van der Waals surface area contributed by atoms with Crippen molar-refractivity contribution in [2.75, 3.05) is 14.2 Å². The molecule has 7 nitrogen and oxygen atoms in total. The van der Waals surface area contributed by atoms with Crippen LogP contribution in [0.1, 0.15) is 22.6 Å². The molecule has 0 aliphatic heterocycles. The standard InChI is InChI=1S/C28H26Cl2N2O5S/c1-19-4-10-24(11-5-19)38(33,34)32(17-20-6-12-25(29)26(30)14-20)18-23-8-7-22(37-23)16-31-27-13-9-21(35-2)15-28(27)36-3/h4-16H,17-18H2,1-3H3. The van der Waals surface area contributed by atoms with Crippen molar-refractivity contribution in [2.45, 2.75) is 24.9 Å². The molecule has 0 saturated carbocycles. The molecule has 0 atom stereocenters. The van der Waals surface area contributed by atoms with Gasteiger partial charge in [-0.25, -0.2) is 13.4 Å². The van der Waals surface area contributed by atoms with Crippen LogP contribution < -0.4 is 9.47 Å². The fourth-order valence-electron chi connectivity index (χ4n) is 3.67. The predicted molar refractivity (Wildman–Crippen MR) is 150 cm³/mol. The molecule has 3 aromatic carbocycles. The van der Waals surface area contributed by atoms with Crippen LogP contribution in [0.25, 0.3) is 0 Å². The highest BCUT2D eigenvalue weighted by atomic mass is 35.5. The lowest BCUT2D eigenvalue weighted by atomic mass is 10.2. The lowest BCUT2D eigenvalue weighted by Gasteiger charge is -2.22. The minimum absolute atomic E-state index is 0.00382. The summed E-state index contributed by atoms with van der Waals surface area (Å²) >= 11 is 12.2. The highest BCUT2D eigenvalue weighted by molar-refractivity contribution is 7.89. The lowest BCUT2D eigenvalue weighted by Crippen LogP contribution is -2.30. The quantitative estimate of drug-likeness (QED) is 0.190. The van der Waals surface area contributed by atoms with Crippen LogP contribution in [0.15, 0.2) is 87.1 Å². The number of aliphatic imine (C=N–C) groups is 1. The largest absolute Gasteiger partial charge is 0.497 e. The van der Waals surface area contributed by atoms with Gasteiger partial charge in [-0.3, -0.25) is 0 Å². The van der Waals surface area contributed by atoms with E-state index in [2.05, 4.69) is 4.99 Å². The van der Waals surface area contributed by atoms with E-state index in [4.69, 9.17) is 37.1 Å². The average molecular weight is 573 g/mol. The van der Waals surface area contributed by atoms with Crippen molar-refractivity contribution in [1.29, 1.82) is 0 Å². The summed E-state index contributed by atoms with van der Waals surface area (Å²) in [7, 11) is -0.737. The zero-order valence-corrected chi connectivity index (χ0v) is 23.3. The Labute approximate surface area is 232 Å². The first-order chi connectivity index (χ1) is 18.2. The number of benzene rings is 3. The molecule has 0 unspecified atom stereocenters. The first kappa shape index (κ1) is 27.7. The zero-order chi connectivity index (χ0) is 27.3. The van der Waals surface area contributed by atoms with Gasteiger partial charge in [0.2, 0.25) is 10.0 Å². The van der Waals surface area contributed by atoms with Gasteiger partial charge in [0, 0.05) is 12.6 Å². The van der Waals surface area contributed by atoms with Gasteiger partial charge in [-0.2, -0.15) is 4.31 Å². The second-order valence-corrected chi connectivity index (χ2v) is 11.2. The molecule has 0 fully saturated rings. The Kier molecular flexibility index (Phi) is 8.79. The zero-order valence-electron chi connectivity index (χ0n) is 21.0. The molecule has 0 bridgehead atoms. The van der Waals surface area contributed by atoms with E-state index in [1.54, 1.807) is 93.2 Å². The molecular weight excluding hydrogens is 547 g/mol. The van der Waals surface area contributed by atoms with Gasteiger partial charge < -0.3 is 13.9 Å². The fourth-order valence-corrected chi connectivity index (χ4v) is 5.39. The molecule has 4 rings (SSSR count). The molecule has 0 aliphatic rings. The summed E-state index contributed by atoms with van der Waals surface area (Å²) in [5.41, 5.74) is 2.24. The van der Waals surface area contributed by atoms with Crippen LogP contribution in [-0.2, 0) is 23.1 Å². The first-order valence-corrected chi connectivity index (χ1v) is 13.7. The van der Waals surface area contributed by atoms with E-state index in [1.165, 1.54) is 4.31 Å². The van der Waals surface area contributed by atoms with Gasteiger partial charge in [0.25, 0.3) is 0 Å². The summed E-state index contributed by atoms with van der Waals surface area (Å²) in [6.45, 7) is 1.97. The van der Waals surface area contributed by atoms with Gasteiger partial charge in [0.15, 0.2) is 0 Å². The van der Waals surface area contributed by atoms with E-state index in [1.807, 2.05) is 6.92 Å². The van der Waals surface area contributed by atoms with Gasteiger partial charge >= 0.3 is 0 Å². The summed E-state index contributed by atoms with van der Waals surface area (Å²) in [4.78, 5) is 4.63. The number of aryl methyl sites for hydroxylation is 1. The number of halogens is 2. The minimum Gasteiger partial charge on any atom is -0.497 e. The van der Waals surface area contributed by atoms with Crippen LogP contribution in [0.5, 0.6) is 11.5 Å². The van der Waals surface area contributed by atoms with Crippen LogP contribution in [-0.4, -0.2) is 33.2 Å². The number of methoxy groups -OCH3 is 2. The van der Waals surface area contributed by atoms with Gasteiger partial charge in [0.05, 0.1) is 41.9 Å². The number of hydrogen-bond acceptors (Lipinski definition) is 6. The lowest BCUT2D eigenvalue weighted by molar-refractivity contribution is 0.357. The fraction of sp³-hybridized carbons (Fsp3) is 0.179. The second kappa shape index (κ2) is 12.0. The molecule has 198 valence electrons. The van der Waals surface area contributed by atoms with Crippen LogP contribution in [0.4, 0.5) is 5.69 Å². The van der Waals surface area contributed by atoms with E-state index in [0.29, 0.717) is 44.3 Å². The normalized spacial score (nSPS) is 11.8. The van der Waals surface area contributed by atoms with Crippen LogP contribution >= 0.6 is 23.2 Å². The third-order valence-corrected chi connectivity index (χ3v) is 8.28. The maximum absolute atomic E-state index is 13.6. The van der Waals surface area contributed by atoms with Crippen molar-refractivity contribution >= 4 is 45.1 Å². The topological polar surface area (TPSA) is 81.3 Å². The predicted octanol–water partition coefficient (Wildman–Crippen LogP) is 7.05. The molecular formula is C28H26Cl2N2O5S. The maximum atomic E-state index is 13.6. The van der Waals surface area contributed by atoms with Crippen molar-refractivity contribution in [1.82, 2.24) is 4.31 Å². The third-order valence-electron chi connectivity index (χ3n) is 5.73. The van der Waals surface area contributed by atoms with Gasteiger partial charge in [-0.05, 0) is 61.0 Å². The molecule has 0 saturated heterocycles. The monoisotopic (exact) mass is 572 g/mol. The molecule has 1 heterocycles. The highest BCUT2D eigenvalue weighted by Gasteiger charge is 2.26. The molecule has 0 aliphatic carbocycles. The van der Waals surface area contributed by atoms with Gasteiger partial charge in [-0.15, -0.1) is 0 Å². The van der Waals surface area contributed by atoms with Gasteiger partial charge in [0.1, 0.15) is 28.7 Å². The molecule has 0 spiro atoms. The molecule has 0 N–H and O–H groups in total. The number of rotatable bonds is 10. The molecule has 0 radical (unpaired) electrons. The average Bonchev–Trinajstić information content (AvgIpc) is 3.36. The van der Waals surface area contributed by atoms with E-state index in [-0.39, 0.29) is 18.0 Å². The van der Waals surface area contributed by atoms with Crippen molar-refractivity contribution < 1.29 is 22.3 Å². The molecule has 4 aromatic rings. The van der Waals surface area contributed by atoms with E-state index in [9.17, 15) is 8.42 Å². The van der Waals surface area contributed by atoms with Gasteiger partial charge in [-0.1, -0.05) is 47.0 Å². The molecule has 1 aromatic heterocycles. The third kappa shape index (κ3) is 6.57. The van der Waals surface area contributed by atoms with Crippen LogP contribution in [0, 0.1) is 6.92 Å². The Morgan fingerprint density at radius 2 is 1.66 bits per heavy atom. The number of furan rings is 1.